The van der Waals surface area contributed by atoms with E-state index < -0.39 is 6.04 Å². The van der Waals surface area contributed by atoms with Crippen molar-refractivity contribution in [2.75, 3.05) is 0 Å². The molecular formula is C22H14BrNO4. The highest BCUT2D eigenvalue weighted by atomic mass is 79.9. The third-order valence-corrected chi connectivity index (χ3v) is 5.44. The summed E-state index contributed by atoms with van der Waals surface area (Å²) in [7, 11) is 0. The van der Waals surface area contributed by atoms with E-state index in [1.54, 1.807) is 41.5 Å². The molecule has 0 saturated heterocycles. The number of halogens is 1. The largest absolute Gasteiger partial charge is 0.467 e. The minimum atomic E-state index is -0.534. The molecule has 1 aliphatic rings. The molecule has 0 aliphatic carbocycles. The van der Waals surface area contributed by atoms with Crippen molar-refractivity contribution in [2.45, 2.75) is 12.6 Å². The summed E-state index contributed by atoms with van der Waals surface area (Å²) >= 11 is 3.40. The molecule has 28 heavy (non-hydrogen) atoms. The molecule has 0 N–H and O–H groups in total. The first-order valence-electron chi connectivity index (χ1n) is 8.78. The SMILES string of the molecule is O=C1c2oc3ccc(Br)cc3c(=O)c2[C@@H](c2ccccc2)N1Cc1ccco1. The van der Waals surface area contributed by atoms with E-state index in [0.29, 0.717) is 22.3 Å². The Kier molecular flexibility index (Phi) is 3.94. The Morgan fingerprint density at radius 1 is 1.00 bits per heavy atom. The lowest BCUT2D eigenvalue weighted by Crippen LogP contribution is -2.29. The summed E-state index contributed by atoms with van der Waals surface area (Å²) in [5.74, 6) is 0.421. The molecule has 3 heterocycles. The second-order valence-electron chi connectivity index (χ2n) is 6.64. The molecule has 0 saturated carbocycles. The molecule has 1 aliphatic heterocycles. The highest BCUT2D eigenvalue weighted by molar-refractivity contribution is 9.10. The molecule has 2 aromatic heterocycles. The lowest BCUT2D eigenvalue weighted by molar-refractivity contribution is 0.0701. The fraction of sp³-hybridized carbons (Fsp3) is 0.0909. The Hall–Kier alpha value is -3.12. The summed E-state index contributed by atoms with van der Waals surface area (Å²) in [6.45, 7) is 0.245. The predicted octanol–water partition coefficient (Wildman–Crippen LogP) is 4.89. The quantitative estimate of drug-likeness (QED) is 0.459. The Balaban J connectivity index is 1.76. The molecule has 0 bridgehead atoms. The molecule has 1 amide bonds. The van der Waals surface area contributed by atoms with Gasteiger partial charge in [-0.25, -0.2) is 0 Å². The van der Waals surface area contributed by atoms with Gasteiger partial charge in [0.1, 0.15) is 11.3 Å². The second-order valence-corrected chi connectivity index (χ2v) is 7.56. The van der Waals surface area contributed by atoms with Gasteiger partial charge in [-0.1, -0.05) is 46.3 Å². The predicted molar refractivity (Wildman–Crippen MR) is 107 cm³/mol. The van der Waals surface area contributed by atoms with Crippen molar-refractivity contribution >= 4 is 32.8 Å². The normalized spacial score (nSPS) is 16.0. The maximum absolute atomic E-state index is 13.4. The number of amides is 1. The first-order chi connectivity index (χ1) is 13.6. The molecule has 5 rings (SSSR count). The molecular weight excluding hydrogens is 422 g/mol. The Morgan fingerprint density at radius 2 is 1.82 bits per heavy atom. The molecule has 4 aromatic rings. The molecule has 0 spiro atoms. The number of nitrogens with zero attached hydrogens (tertiary/aromatic N) is 1. The fourth-order valence-electron chi connectivity index (χ4n) is 3.71. The summed E-state index contributed by atoms with van der Waals surface area (Å²) in [5.41, 5.74) is 1.42. The number of hydrogen-bond donors (Lipinski definition) is 0. The number of benzene rings is 2. The van der Waals surface area contributed by atoms with E-state index in [4.69, 9.17) is 8.83 Å². The van der Waals surface area contributed by atoms with Gasteiger partial charge in [0.05, 0.1) is 29.8 Å². The monoisotopic (exact) mass is 435 g/mol. The van der Waals surface area contributed by atoms with E-state index in [2.05, 4.69) is 15.9 Å². The molecule has 2 aromatic carbocycles. The van der Waals surface area contributed by atoms with Crippen LogP contribution in [0.3, 0.4) is 0 Å². The Morgan fingerprint density at radius 3 is 2.57 bits per heavy atom. The molecule has 1 atom stereocenters. The van der Waals surface area contributed by atoms with E-state index in [1.807, 2.05) is 30.3 Å². The number of carbonyl (C=O) groups excluding carboxylic acids is 1. The van der Waals surface area contributed by atoms with Crippen LogP contribution in [0.5, 0.6) is 0 Å². The maximum atomic E-state index is 13.4. The number of rotatable bonds is 3. The van der Waals surface area contributed by atoms with Gasteiger partial charge in [0, 0.05) is 4.47 Å². The standard InChI is InChI=1S/C22H14BrNO4/c23-14-8-9-17-16(11-14)20(25)18-19(13-5-2-1-3-6-13)24(22(26)21(18)28-17)12-15-7-4-10-27-15/h1-11,19H,12H2/t19-/m1/s1. The van der Waals surface area contributed by atoms with Crippen molar-refractivity contribution in [1.82, 2.24) is 4.90 Å². The van der Waals surface area contributed by atoms with Crippen LogP contribution in [0.2, 0.25) is 0 Å². The van der Waals surface area contributed by atoms with Crippen molar-refractivity contribution in [1.29, 1.82) is 0 Å². The summed E-state index contributed by atoms with van der Waals surface area (Å²) in [6, 6.07) is 17.8. The zero-order chi connectivity index (χ0) is 19.3. The zero-order valence-corrected chi connectivity index (χ0v) is 16.2. The van der Waals surface area contributed by atoms with Crippen LogP contribution in [0.15, 0.2) is 85.0 Å². The van der Waals surface area contributed by atoms with Crippen LogP contribution >= 0.6 is 15.9 Å². The minimum Gasteiger partial charge on any atom is -0.467 e. The fourth-order valence-corrected chi connectivity index (χ4v) is 4.07. The molecule has 0 radical (unpaired) electrons. The molecule has 0 fully saturated rings. The van der Waals surface area contributed by atoms with Crippen LogP contribution in [0.4, 0.5) is 0 Å². The minimum absolute atomic E-state index is 0.0974. The van der Waals surface area contributed by atoms with Crippen molar-refractivity contribution in [3.05, 3.63) is 104 Å². The first-order valence-corrected chi connectivity index (χ1v) is 9.57. The van der Waals surface area contributed by atoms with Crippen molar-refractivity contribution in [3.63, 3.8) is 0 Å². The highest BCUT2D eigenvalue weighted by Crippen LogP contribution is 2.39. The van der Waals surface area contributed by atoms with Gasteiger partial charge >= 0.3 is 0 Å². The second kappa shape index (κ2) is 6.49. The molecule has 138 valence electrons. The number of hydrogen-bond acceptors (Lipinski definition) is 4. The average Bonchev–Trinajstić information content (AvgIpc) is 3.31. The van der Waals surface area contributed by atoms with Crippen molar-refractivity contribution < 1.29 is 13.6 Å². The number of carbonyl (C=O) groups is 1. The van der Waals surface area contributed by atoms with Gasteiger partial charge < -0.3 is 13.7 Å². The molecule has 6 heteroatoms. The topological polar surface area (TPSA) is 63.7 Å². The molecule has 0 unspecified atom stereocenters. The van der Waals surface area contributed by atoms with E-state index in [9.17, 15) is 9.59 Å². The maximum Gasteiger partial charge on any atom is 0.291 e. The van der Waals surface area contributed by atoms with Crippen LogP contribution in [0.1, 0.15) is 33.5 Å². The first kappa shape index (κ1) is 17.0. The van der Waals surface area contributed by atoms with Crippen LogP contribution < -0.4 is 5.43 Å². The van der Waals surface area contributed by atoms with Crippen LogP contribution in [0, 0.1) is 0 Å². The molecule has 5 nitrogen and oxygen atoms in total. The summed E-state index contributed by atoms with van der Waals surface area (Å²) in [6.07, 6.45) is 1.57. The van der Waals surface area contributed by atoms with Gasteiger partial charge in [-0.2, -0.15) is 0 Å². The van der Waals surface area contributed by atoms with Gasteiger partial charge in [0.15, 0.2) is 5.43 Å². The van der Waals surface area contributed by atoms with Crippen LogP contribution in [-0.4, -0.2) is 10.8 Å². The van der Waals surface area contributed by atoms with E-state index in [0.717, 1.165) is 10.0 Å². The van der Waals surface area contributed by atoms with Crippen LogP contribution in [-0.2, 0) is 6.54 Å². The van der Waals surface area contributed by atoms with E-state index in [1.165, 1.54) is 0 Å². The number of fused-ring (bicyclic) bond motifs is 2. The van der Waals surface area contributed by atoms with E-state index in [-0.39, 0.29) is 23.6 Å². The van der Waals surface area contributed by atoms with Crippen LogP contribution in [0.25, 0.3) is 11.0 Å². The van der Waals surface area contributed by atoms with Gasteiger partial charge in [-0.05, 0) is 35.9 Å². The number of furan rings is 1. The van der Waals surface area contributed by atoms with Gasteiger partial charge in [0.2, 0.25) is 5.76 Å². The third kappa shape index (κ3) is 2.60. The summed E-state index contributed by atoms with van der Waals surface area (Å²) < 4.78 is 12.1. The van der Waals surface area contributed by atoms with Gasteiger partial charge in [-0.15, -0.1) is 0 Å². The lowest BCUT2D eigenvalue weighted by Gasteiger charge is -2.24. The third-order valence-electron chi connectivity index (χ3n) is 4.95. The summed E-state index contributed by atoms with van der Waals surface area (Å²) in [5, 5.41) is 0.446. The van der Waals surface area contributed by atoms with Gasteiger partial charge in [0.25, 0.3) is 5.91 Å². The summed E-state index contributed by atoms with van der Waals surface area (Å²) in [4.78, 5) is 28.2. The van der Waals surface area contributed by atoms with E-state index >= 15 is 0 Å². The van der Waals surface area contributed by atoms with Gasteiger partial charge in [-0.3, -0.25) is 9.59 Å². The highest BCUT2D eigenvalue weighted by Gasteiger charge is 2.43. The smallest absolute Gasteiger partial charge is 0.291 e. The van der Waals surface area contributed by atoms with Crippen molar-refractivity contribution in [2.24, 2.45) is 0 Å². The Labute approximate surface area is 168 Å². The average molecular weight is 436 g/mol. The lowest BCUT2D eigenvalue weighted by atomic mass is 9.98. The Bertz CT molecular complexity index is 1250. The van der Waals surface area contributed by atoms with Crippen molar-refractivity contribution in [3.8, 4) is 0 Å². The zero-order valence-electron chi connectivity index (χ0n) is 14.6.